The monoisotopic (exact) mass is 273 g/mol. The number of aromatic nitrogens is 2. The van der Waals surface area contributed by atoms with Crippen LogP contribution in [-0.4, -0.2) is 23.4 Å². The van der Waals surface area contributed by atoms with Gasteiger partial charge in [-0.25, -0.2) is 4.68 Å². The lowest BCUT2D eigenvalue weighted by Gasteiger charge is -2.09. The van der Waals surface area contributed by atoms with Crippen molar-refractivity contribution in [3.63, 3.8) is 0 Å². The number of nitrogens with one attached hydrogen (secondary N) is 1. The first-order valence-electron chi connectivity index (χ1n) is 6.60. The Balaban J connectivity index is 2.46. The minimum absolute atomic E-state index is 0.0796. The SMILES string of the molecule is CCOc1cccc(-c2cc(CNC)c(=O)n(C)n2)c1. The summed E-state index contributed by atoms with van der Waals surface area (Å²) >= 11 is 0. The molecule has 0 aliphatic carbocycles. The van der Waals surface area contributed by atoms with Crippen molar-refractivity contribution in [1.82, 2.24) is 15.1 Å². The zero-order valence-electron chi connectivity index (χ0n) is 12.0. The lowest BCUT2D eigenvalue weighted by atomic mass is 10.1. The Morgan fingerprint density at radius 3 is 2.85 bits per heavy atom. The standard InChI is InChI=1S/C15H19N3O2/c1-4-20-13-7-5-6-11(8-13)14-9-12(10-16-2)15(19)18(3)17-14/h5-9,16H,4,10H2,1-3H3. The van der Waals surface area contributed by atoms with E-state index in [2.05, 4.69) is 10.4 Å². The van der Waals surface area contributed by atoms with E-state index in [1.807, 2.05) is 44.3 Å². The highest BCUT2D eigenvalue weighted by molar-refractivity contribution is 5.61. The van der Waals surface area contributed by atoms with Crippen LogP contribution in [0, 0.1) is 0 Å². The van der Waals surface area contributed by atoms with Gasteiger partial charge in [0.05, 0.1) is 12.3 Å². The number of ether oxygens (including phenoxy) is 1. The maximum Gasteiger partial charge on any atom is 0.271 e. The van der Waals surface area contributed by atoms with Gasteiger partial charge in [-0.3, -0.25) is 4.79 Å². The van der Waals surface area contributed by atoms with E-state index in [9.17, 15) is 4.79 Å². The first-order chi connectivity index (χ1) is 9.65. The Bertz CT molecular complexity index is 650. The van der Waals surface area contributed by atoms with E-state index < -0.39 is 0 Å². The number of hydrogen-bond donors (Lipinski definition) is 1. The predicted molar refractivity (Wildman–Crippen MR) is 78.8 cm³/mol. The van der Waals surface area contributed by atoms with E-state index in [4.69, 9.17) is 4.74 Å². The quantitative estimate of drug-likeness (QED) is 0.898. The van der Waals surface area contributed by atoms with Crippen molar-refractivity contribution < 1.29 is 4.74 Å². The lowest BCUT2D eigenvalue weighted by Crippen LogP contribution is -2.26. The van der Waals surface area contributed by atoms with Crippen molar-refractivity contribution in [1.29, 1.82) is 0 Å². The van der Waals surface area contributed by atoms with Crippen LogP contribution in [0.15, 0.2) is 35.1 Å². The molecule has 0 aliphatic heterocycles. The topological polar surface area (TPSA) is 56.1 Å². The zero-order chi connectivity index (χ0) is 14.5. The minimum atomic E-state index is -0.0796. The van der Waals surface area contributed by atoms with Gasteiger partial charge in [-0.2, -0.15) is 5.10 Å². The van der Waals surface area contributed by atoms with Crippen molar-refractivity contribution in [3.05, 3.63) is 46.2 Å². The molecule has 1 heterocycles. The van der Waals surface area contributed by atoms with Crippen LogP contribution in [0.5, 0.6) is 5.75 Å². The number of rotatable bonds is 5. The highest BCUT2D eigenvalue weighted by Crippen LogP contribution is 2.22. The first-order valence-corrected chi connectivity index (χ1v) is 6.60. The Morgan fingerprint density at radius 2 is 2.15 bits per heavy atom. The molecule has 0 aliphatic rings. The molecule has 20 heavy (non-hydrogen) atoms. The summed E-state index contributed by atoms with van der Waals surface area (Å²) in [6.45, 7) is 3.09. The van der Waals surface area contributed by atoms with Crippen LogP contribution < -0.4 is 15.6 Å². The van der Waals surface area contributed by atoms with E-state index in [-0.39, 0.29) is 5.56 Å². The zero-order valence-corrected chi connectivity index (χ0v) is 12.0. The third-order valence-electron chi connectivity index (χ3n) is 2.95. The molecule has 0 radical (unpaired) electrons. The second-order valence-electron chi connectivity index (χ2n) is 4.47. The smallest absolute Gasteiger partial charge is 0.271 e. The highest BCUT2D eigenvalue weighted by Gasteiger charge is 2.08. The van der Waals surface area contributed by atoms with Gasteiger partial charge in [0.2, 0.25) is 0 Å². The Kier molecular flexibility index (Phi) is 4.53. The van der Waals surface area contributed by atoms with Crippen molar-refractivity contribution in [2.24, 2.45) is 7.05 Å². The lowest BCUT2D eigenvalue weighted by molar-refractivity contribution is 0.340. The molecule has 2 rings (SSSR count). The van der Waals surface area contributed by atoms with E-state index >= 15 is 0 Å². The van der Waals surface area contributed by atoms with Crippen LogP contribution >= 0.6 is 0 Å². The van der Waals surface area contributed by atoms with E-state index in [1.165, 1.54) is 4.68 Å². The van der Waals surface area contributed by atoms with Crippen molar-refractivity contribution in [2.75, 3.05) is 13.7 Å². The molecule has 2 aromatic rings. The molecule has 0 bridgehead atoms. The van der Waals surface area contributed by atoms with Crippen molar-refractivity contribution in [2.45, 2.75) is 13.5 Å². The molecule has 5 nitrogen and oxygen atoms in total. The number of nitrogens with zero attached hydrogens (tertiary/aromatic N) is 2. The van der Waals surface area contributed by atoms with Gasteiger partial charge in [0, 0.05) is 24.7 Å². The summed E-state index contributed by atoms with van der Waals surface area (Å²) in [7, 11) is 3.48. The maximum atomic E-state index is 11.9. The molecule has 5 heteroatoms. The molecule has 0 spiro atoms. The molecule has 1 aromatic carbocycles. The van der Waals surface area contributed by atoms with Gasteiger partial charge in [-0.15, -0.1) is 0 Å². The summed E-state index contributed by atoms with van der Waals surface area (Å²) in [5.74, 6) is 0.802. The average Bonchev–Trinajstić information content (AvgIpc) is 2.44. The van der Waals surface area contributed by atoms with Gasteiger partial charge in [-0.1, -0.05) is 12.1 Å². The summed E-state index contributed by atoms with van der Waals surface area (Å²) < 4.78 is 6.86. The molecular formula is C15H19N3O2. The summed E-state index contributed by atoms with van der Waals surface area (Å²) in [4.78, 5) is 11.9. The molecule has 1 N–H and O–H groups in total. The molecule has 0 saturated carbocycles. The fourth-order valence-corrected chi connectivity index (χ4v) is 2.04. The van der Waals surface area contributed by atoms with Crippen LogP contribution in [-0.2, 0) is 13.6 Å². The van der Waals surface area contributed by atoms with Gasteiger partial charge < -0.3 is 10.1 Å². The van der Waals surface area contributed by atoms with E-state index in [1.54, 1.807) is 7.05 Å². The summed E-state index contributed by atoms with van der Waals surface area (Å²) in [6, 6.07) is 9.54. The predicted octanol–water partition coefficient (Wildman–Crippen LogP) is 1.57. The van der Waals surface area contributed by atoms with Gasteiger partial charge in [0.15, 0.2) is 0 Å². The van der Waals surface area contributed by atoms with Crippen LogP contribution in [0.4, 0.5) is 0 Å². The second kappa shape index (κ2) is 6.34. The highest BCUT2D eigenvalue weighted by atomic mass is 16.5. The molecule has 0 fully saturated rings. The fraction of sp³-hybridized carbons (Fsp3) is 0.333. The van der Waals surface area contributed by atoms with Crippen LogP contribution in [0.3, 0.4) is 0 Å². The van der Waals surface area contributed by atoms with Crippen LogP contribution in [0.2, 0.25) is 0 Å². The summed E-state index contributed by atoms with van der Waals surface area (Å²) in [6.07, 6.45) is 0. The third-order valence-corrected chi connectivity index (χ3v) is 2.95. The minimum Gasteiger partial charge on any atom is -0.494 e. The molecule has 0 amide bonds. The molecule has 0 atom stereocenters. The third kappa shape index (κ3) is 3.05. The van der Waals surface area contributed by atoms with Gasteiger partial charge in [0.1, 0.15) is 5.75 Å². The molecular weight excluding hydrogens is 254 g/mol. The van der Waals surface area contributed by atoms with Gasteiger partial charge in [-0.05, 0) is 32.2 Å². The van der Waals surface area contributed by atoms with Crippen LogP contribution in [0.1, 0.15) is 12.5 Å². The van der Waals surface area contributed by atoms with Crippen molar-refractivity contribution >= 4 is 0 Å². The van der Waals surface area contributed by atoms with Gasteiger partial charge >= 0.3 is 0 Å². The van der Waals surface area contributed by atoms with Gasteiger partial charge in [0.25, 0.3) is 5.56 Å². The summed E-state index contributed by atoms with van der Waals surface area (Å²) in [5.41, 5.74) is 2.31. The number of aryl methyl sites for hydroxylation is 1. The largest absolute Gasteiger partial charge is 0.494 e. The Hall–Kier alpha value is -2.14. The molecule has 106 valence electrons. The summed E-state index contributed by atoms with van der Waals surface area (Å²) in [5, 5.41) is 7.30. The second-order valence-corrected chi connectivity index (χ2v) is 4.47. The Morgan fingerprint density at radius 1 is 1.35 bits per heavy atom. The first kappa shape index (κ1) is 14.3. The average molecular weight is 273 g/mol. The van der Waals surface area contributed by atoms with Crippen LogP contribution in [0.25, 0.3) is 11.3 Å². The normalized spacial score (nSPS) is 10.6. The Labute approximate surface area is 118 Å². The van der Waals surface area contributed by atoms with E-state index in [0.717, 1.165) is 17.0 Å². The fourth-order valence-electron chi connectivity index (χ4n) is 2.04. The molecule has 0 unspecified atom stereocenters. The molecule has 0 saturated heterocycles. The molecule has 1 aromatic heterocycles. The number of benzene rings is 1. The van der Waals surface area contributed by atoms with Crippen molar-refractivity contribution in [3.8, 4) is 17.0 Å². The number of hydrogen-bond acceptors (Lipinski definition) is 4. The van der Waals surface area contributed by atoms with E-state index in [0.29, 0.717) is 18.7 Å². The maximum absolute atomic E-state index is 11.9.